The van der Waals surface area contributed by atoms with Crippen molar-refractivity contribution in [1.82, 2.24) is 0 Å². The zero-order valence-electron chi connectivity index (χ0n) is 33.9. The van der Waals surface area contributed by atoms with Crippen LogP contribution in [-0.4, -0.2) is 144 Å². The molecule has 1 aliphatic rings. The van der Waals surface area contributed by atoms with E-state index in [1.54, 1.807) is 33.8 Å². The Labute approximate surface area is 321 Å². The smallest absolute Gasteiger partial charge is 0.333 e. The first-order valence-corrected chi connectivity index (χ1v) is 19.3. The molecule has 0 aliphatic carbocycles. The number of hydrogen-bond donors (Lipinski definition) is 10. The van der Waals surface area contributed by atoms with Gasteiger partial charge in [-0.2, -0.15) is 0 Å². The monoisotopic (exact) mass is 776 g/mol. The summed E-state index contributed by atoms with van der Waals surface area (Å²) in [6.07, 6.45) is -6.45. The molecule has 0 aromatic rings. The van der Waals surface area contributed by atoms with Gasteiger partial charge in [0.1, 0.15) is 49.3 Å². The third-order valence-electron chi connectivity index (χ3n) is 10.7. The summed E-state index contributed by atoms with van der Waals surface area (Å²) in [6, 6.07) is 0. The maximum Gasteiger partial charge on any atom is 0.333 e. The molecule has 1 aliphatic heterocycles. The topological polar surface area (TPSA) is 247 Å². The summed E-state index contributed by atoms with van der Waals surface area (Å²) in [5.41, 5.74) is 1.33. The zero-order valence-corrected chi connectivity index (χ0v) is 33.9. The van der Waals surface area contributed by atoms with Crippen LogP contribution in [0.2, 0.25) is 0 Å². The number of esters is 1. The van der Waals surface area contributed by atoms with Crippen LogP contribution in [0.25, 0.3) is 0 Å². The summed E-state index contributed by atoms with van der Waals surface area (Å²) >= 11 is 0. The van der Waals surface area contributed by atoms with Gasteiger partial charge in [-0.3, -0.25) is 0 Å². The van der Waals surface area contributed by atoms with Crippen molar-refractivity contribution in [2.45, 2.75) is 156 Å². The Morgan fingerprint density at radius 2 is 1.26 bits per heavy atom. The second-order valence-electron chi connectivity index (χ2n) is 15.9. The van der Waals surface area contributed by atoms with Gasteiger partial charge in [0, 0.05) is 23.3 Å². The molecular weight excluding hydrogens is 704 g/mol. The van der Waals surface area contributed by atoms with Crippen LogP contribution >= 0.6 is 0 Å². The van der Waals surface area contributed by atoms with E-state index in [0.29, 0.717) is 23.0 Å². The molecule has 0 spiro atoms. The number of rotatable bonds is 23. The molecule has 0 aromatic carbocycles. The lowest BCUT2D eigenvalue weighted by Crippen LogP contribution is -2.60. The van der Waals surface area contributed by atoms with Crippen LogP contribution in [0.5, 0.6) is 0 Å². The molecule has 10 N–H and O–H groups in total. The molecule has 14 heteroatoms. The molecular formula is C40H72O14. The number of carbonyl (C=O) groups excluding carboxylic acids is 1. The summed E-state index contributed by atoms with van der Waals surface area (Å²) in [7, 11) is 0. The van der Waals surface area contributed by atoms with Crippen molar-refractivity contribution in [2.75, 3.05) is 19.8 Å². The zero-order chi connectivity index (χ0) is 41.6. The Kier molecular flexibility index (Phi) is 22.4. The second kappa shape index (κ2) is 24.1. The van der Waals surface area contributed by atoms with Crippen molar-refractivity contribution in [1.29, 1.82) is 0 Å². The lowest BCUT2D eigenvalue weighted by atomic mass is 9.82. The molecule has 54 heavy (non-hydrogen) atoms. The van der Waals surface area contributed by atoms with Gasteiger partial charge in [0.15, 0.2) is 6.29 Å². The number of aliphatic hydroxyl groups is 10. The Morgan fingerprint density at radius 3 is 1.78 bits per heavy atom. The van der Waals surface area contributed by atoms with Gasteiger partial charge >= 0.3 is 5.97 Å². The second-order valence-corrected chi connectivity index (χ2v) is 15.9. The van der Waals surface area contributed by atoms with Crippen molar-refractivity contribution in [2.24, 2.45) is 35.5 Å². The fourth-order valence-electron chi connectivity index (χ4n) is 7.16. The predicted octanol–water partition coefficient (Wildman–Crippen LogP) is 1.36. The molecule has 0 amide bonds. The van der Waals surface area contributed by atoms with E-state index in [1.165, 1.54) is 13.0 Å². The Bertz CT molecular complexity index is 1190. The van der Waals surface area contributed by atoms with Crippen molar-refractivity contribution >= 4 is 5.97 Å². The minimum Gasteiger partial charge on any atom is -0.459 e. The highest BCUT2D eigenvalue weighted by atomic mass is 16.7. The van der Waals surface area contributed by atoms with E-state index in [-0.39, 0.29) is 17.4 Å². The normalized spacial score (nSPS) is 28.5. The van der Waals surface area contributed by atoms with E-state index in [2.05, 4.69) is 20.8 Å². The lowest BCUT2D eigenvalue weighted by molar-refractivity contribution is -0.317. The number of hydrogen-bond acceptors (Lipinski definition) is 14. The van der Waals surface area contributed by atoms with Crippen LogP contribution in [0.1, 0.15) is 88.5 Å². The first-order valence-electron chi connectivity index (χ1n) is 19.3. The van der Waals surface area contributed by atoms with E-state index in [9.17, 15) is 50.8 Å². The van der Waals surface area contributed by atoms with Crippen LogP contribution in [0.4, 0.5) is 0 Å². The van der Waals surface area contributed by atoms with Crippen LogP contribution in [0.15, 0.2) is 34.9 Å². The van der Waals surface area contributed by atoms with E-state index in [0.717, 1.165) is 19.3 Å². The average Bonchev–Trinajstić information content (AvgIpc) is 3.13. The summed E-state index contributed by atoms with van der Waals surface area (Å²) in [6.45, 7) is 17.0. The SMILES string of the molecule is CC[C@H](C)C[C@H](C)C[C@@H](C)[C@H](O[C@@H]1O[C@@H](CO)[C@@H](O)[C@H](O)[C@H]1O)[C@@H](C)/C=C(\C)[C@H](O)[C@H](C)/C=C(\C)[C@@H](O)[C@H](C)/C=C(\C)C(=O)OC[C@H](O)[C@H](O)[C@@H](O)CO. The summed E-state index contributed by atoms with van der Waals surface area (Å²) in [4.78, 5) is 12.5. The van der Waals surface area contributed by atoms with Crippen LogP contribution in [0, 0.1) is 35.5 Å². The van der Waals surface area contributed by atoms with Crippen molar-refractivity contribution in [3.05, 3.63) is 34.9 Å². The molecule has 17 atom stereocenters. The largest absolute Gasteiger partial charge is 0.459 e. The van der Waals surface area contributed by atoms with Crippen molar-refractivity contribution in [3.63, 3.8) is 0 Å². The molecule has 0 saturated carbocycles. The third-order valence-corrected chi connectivity index (χ3v) is 10.7. The van der Waals surface area contributed by atoms with Crippen LogP contribution in [-0.2, 0) is 19.0 Å². The molecule has 14 nitrogen and oxygen atoms in total. The van der Waals surface area contributed by atoms with E-state index in [4.69, 9.17) is 19.3 Å². The fourth-order valence-corrected chi connectivity index (χ4v) is 7.16. The van der Waals surface area contributed by atoms with Gasteiger partial charge in [-0.15, -0.1) is 0 Å². The van der Waals surface area contributed by atoms with Gasteiger partial charge in [0.05, 0.1) is 31.5 Å². The third kappa shape index (κ3) is 15.3. The molecule has 1 rings (SSSR count). The number of carbonyl (C=O) groups is 1. The summed E-state index contributed by atoms with van der Waals surface area (Å²) < 4.78 is 17.1. The average molecular weight is 777 g/mol. The van der Waals surface area contributed by atoms with Gasteiger partial charge < -0.3 is 65.3 Å². The van der Waals surface area contributed by atoms with Gasteiger partial charge in [-0.05, 0) is 62.5 Å². The van der Waals surface area contributed by atoms with Crippen molar-refractivity contribution in [3.8, 4) is 0 Å². The lowest BCUT2D eigenvalue weighted by Gasteiger charge is -2.42. The number of ether oxygens (including phenoxy) is 3. The van der Waals surface area contributed by atoms with Gasteiger partial charge in [-0.25, -0.2) is 4.79 Å². The molecule has 1 fully saturated rings. The Balaban J connectivity index is 3.13. The molecule has 316 valence electrons. The summed E-state index contributed by atoms with van der Waals surface area (Å²) in [5.74, 6) is -1.23. The molecule has 0 aromatic heterocycles. The summed E-state index contributed by atoms with van der Waals surface area (Å²) in [5, 5.41) is 102. The first-order chi connectivity index (χ1) is 25.1. The quantitative estimate of drug-likeness (QED) is 0.0400. The molecule has 0 bridgehead atoms. The van der Waals surface area contributed by atoms with Crippen LogP contribution in [0.3, 0.4) is 0 Å². The van der Waals surface area contributed by atoms with E-state index in [1.807, 2.05) is 19.9 Å². The predicted molar refractivity (Wildman–Crippen MR) is 202 cm³/mol. The maximum atomic E-state index is 12.5. The highest BCUT2D eigenvalue weighted by molar-refractivity contribution is 5.87. The van der Waals surface area contributed by atoms with Gasteiger partial charge in [-0.1, -0.05) is 73.1 Å². The van der Waals surface area contributed by atoms with Crippen molar-refractivity contribution < 1.29 is 70.1 Å². The van der Waals surface area contributed by atoms with Gasteiger partial charge in [0.25, 0.3) is 0 Å². The Hall–Kier alpha value is -1.79. The van der Waals surface area contributed by atoms with Gasteiger partial charge in [0.2, 0.25) is 0 Å². The highest BCUT2D eigenvalue weighted by Gasteiger charge is 2.45. The minimum atomic E-state index is -1.71. The molecule has 1 heterocycles. The van der Waals surface area contributed by atoms with E-state index >= 15 is 0 Å². The Morgan fingerprint density at radius 1 is 0.722 bits per heavy atom. The fraction of sp³-hybridized carbons (Fsp3) is 0.825. The molecule has 0 radical (unpaired) electrons. The molecule has 1 saturated heterocycles. The minimum absolute atomic E-state index is 0.0477. The van der Waals surface area contributed by atoms with Crippen LogP contribution < -0.4 is 0 Å². The maximum absolute atomic E-state index is 12.5. The number of aliphatic hydroxyl groups excluding tert-OH is 10. The van der Waals surface area contributed by atoms with E-state index < -0.39 is 105 Å². The standard InChI is InChI=1S/C40H72O14/c1-11-20(2)12-21(3)13-26(8)38(54-40-37(50)36(49)35(48)31(18-42)53-40)27(9)15-24(6)32(45)22(4)14-23(5)33(46)25(7)16-28(10)39(51)52-19-30(44)34(47)29(43)17-41/h14-16,20-22,25-27,29-38,40-50H,11-13,17-19H2,1-10H3/b23-14+,24-15+,28-16+/t20-,21-,22+,25+,26+,27-,29-,30-,31-,32+,33+,34+,35+,36-,37+,38-,40-/m0/s1. The highest BCUT2D eigenvalue weighted by Crippen LogP contribution is 2.33. The first kappa shape index (κ1) is 50.2. The molecule has 0 unspecified atom stereocenters.